The van der Waals surface area contributed by atoms with Crippen LogP contribution in [0.4, 0.5) is 24.5 Å². The molecule has 0 aliphatic carbocycles. The van der Waals surface area contributed by atoms with Crippen LogP contribution in [0.2, 0.25) is 10.0 Å². The van der Waals surface area contributed by atoms with Crippen LogP contribution in [-0.2, 0) is 19.1 Å². The van der Waals surface area contributed by atoms with Gasteiger partial charge in [-0.3, -0.25) is 4.99 Å². The minimum Gasteiger partial charge on any atom is -0.478 e. The Hall–Kier alpha value is -4.64. The van der Waals surface area contributed by atoms with Crippen molar-refractivity contribution in [1.29, 1.82) is 0 Å². The highest BCUT2D eigenvalue weighted by atomic mass is 35.5. The Bertz CT molecular complexity index is 2020. The van der Waals surface area contributed by atoms with Gasteiger partial charge >= 0.3 is 12.1 Å². The summed E-state index contributed by atoms with van der Waals surface area (Å²) in [5.41, 5.74) is 2.73. The number of anilines is 2. The number of nitrogens with zero attached hydrogens (tertiary/aromatic N) is 2. The number of alkyl halides is 3. The lowest BCUT2D eigenvalue weighted by Gasteiger charge is -2.23. The van der Waals surface area contributed by atoms with E-state index in [0.29, 0.717) is 33.6 Å². The number of rotatable bonds is 15. The molecule has 0 saturated heterocycles. The number of amidine groups is 1. The first kappa shape index (κ1) is 39.6. The summed E-state index contributed by atoms with van der Waals surface area (Å²) in [5.74, 6) is 1.32. The van der Waals surface area contributed by atoms with Crippen molar-refractivity contribution < 1.29 is 27.8 Å². The number of carboxylic acids is 1. The van der Waals surface area contributed by atoms with Crippen LogP contribution in [0, 0.1) is 0 Å². The summed E-state index contributed by atoms with van der Waals surface area (Å²) in [4.78, 5) is 18.2. The van der Waals surface area contributed by atoms with Crippen LogP contribution in [0.25, 0.3) is 11.1 Å². The monoisotopic (exact) mass is 779 g/mol. The molecule has 0 saturated carbocycles. The predicted molar refractivity (Wildman–Crippen MR) is 212 cm³/mol. The van der Waals surface area contributed by atoms with Gasteiger partial charge in [0.1, 0.15) is 17.3 Å². The molecule has 0 atom stereocenters. The second kappa shape index (κ2) is 18.4. The van der Waals surface area contributed by atoms with Crippen LogP contribution < -0.4 is 14.4 Å². The Morgan fingerprint density at radius 2 is 1.51 bits per heavy atom. The Kier molecular flexibility index (Phi) is 13.7. The van der Waals surface area contributed by atoms with Crippen LogP contribution in [0.5, 0.6) is 11.5 Å². The molecule has 12 heteroatoms. The number of hydrogen-bond donors (Lipinski definition) is 2. The van der Waals surface area contributed by atoms with Gasteiger partial charge in [0.25, 0.3) is 0 Å². The number of carbonyl (C=O) groups is 1. The van der Waals surface area contributed by atoms with Crippen molar-refractivity contribution in [1.82, 2.24) is 0 Å². The van der Waals surface area contributed by atoms with Crippen LogP contribution in [0.1, 0.15) is 53.2 Å². The molecule has 0 aliphatic rings. The minimum absolute atomic E-state index is 0.161. The Labute approximate surface area is 321 Å². The number of nitrogens with one attached hydrogen (secondary N) is 1. The number of aromatic carboxylic acids is 1. The van der Waals surface area contributed by atoms with Crippen molar-refractivity contribution in [3.05, 3.63) is 141 Å². The molecule has 0 unspecified atom stereocenters. The second-order valence-corrected chi connectivity index (χ2v) is 14.0. The molecule has 276 valence electrons. The molecule has 0 heterocycles. The molecule has 0 aromatic heterocycles. The quantitative estimate of drug-likeness (QED) is 0.0477. The summed E-state index contributed by atoms with van der Waals surface area (Å²) in [6.45, 7) is 2.36. The lowest BCUT2D eigenvalue weighted by Crippen LogP contribution is -2.29. The summed E-state index contributed by atoms with van der Waals surface area (Å²) >= 11 is 14.2. The predicted octanol–water partition coefficient (Wildman–Crippen LogP) is 12.7. The van der Waals surface area contributed by atoms with E-state index in [-0.39, 0.29) is 12.2 Å². The van der Waals surface area contributed by atoms with E-state index in [9.17, 15) is 23.1 Å². The molecule has 0 aliphatic heterocycles. The van der Waals surface area contributed by atoms with Crippen LogP contribution in [-0.4, -0.2) is 29.7 Å². The van der Waals surface area contributed by atoms with Crippen molar-refractivity contribution in [2.24, 2.45) is 4.99 Å². The molecular weight excluding hydrogens is 742 g/mol. The van der Waals surface area contributed by atoms with E-state index < -0.39 is 23.3 Å². The second-order valence-electron chi connectivity index (χ2n) is 12.2. The topological polar surface area (TPSA) is 74.2 Å². The Morgan fingerprint density at radius 3 is 2.11 bits per heavy atom. The largest absolute Gasteiger partial charge is 0.478 e. The zero-order valence-electron chi connectivity index (χ0n) is 29.1. The van der Waals surface area contributed by atoms with Crippen molar-refractivity contribution >= 4 is 58.3 Å². The zero-order chi connectivity index (χ0) is 38.0. The SMILES string of the molecule is CCCCCSNc1ccc(Oc2ccc(-c3ccc(CC(=NCc4ccc(Cl)cc4Cl)N(C)c4ccc(C(F)(F)F)c(C(=O)O)c4)cc3)cc2)cc1. The van der Waals surface area contributed by atoms with E-state index >= 15 is 0 Å². The fraction of sp³-hybridized carbons (Fsp3) is 0.220. The third-order valence-electron chi connectivity index (χ3n) is 8.39. The molecule has 5 aromatic rings. The van der Waals surface area contributed by atoms with Gasteiger partial charge in [-0.25, -0.2) is 4.79 Å². The summed E-state index contributed by atoms with van der Waals surface area (Å²) < 4.78 is 50.1. The number of likely N-dealkylation sites (N-methyl/N-ethyl adjacent to an activating group) is 1. The summed E-state index contributed by atoms with van der Waals surface area (Å²) in [6, 6.07) is 31.6. The molecule has 53 heavy (non-hydrogen) atoms. The summed E-state index contributed by atoms with van der Waals surface area (Å²) in [6.07, 6.45) is -0.892. The van der Waals surface area contributed by atoms with Crippen molar-refractivity contribution in [3.8, 4) is 22.6 Å². The van der Waals surface area contributed by atoms with Gasteiger partial charge in [0.2, 0.25) is 0 Å². The number of aliphatic imine (C=N–C) groups is 1. The van der Waals surface area contributed by atoms with Gasteiger partial charge < -0.3 is 19.5 Å². The fourth-order valence-corrected chi connectivity index (χ4v) is 6.64. The first-order valence-corrected chi connectivity index (χ1v) is 18.7. The third kappa shape index (κ3) is 11.2. The van der Waals surface area contributed by atoms with Crippen molar-refractivity contribution in [2.45, 2.75) is 45.3 Å². The maximum Gasteiger partial charge on any atom is 0.417 e. The van der Waals surface area contributed by atoms with Gasteiger partial charge in [-0.2, -0.15) is 13.2 Å². The molecule has 5 rings (SSSR count). The fourth-order valence-electron chi connectivity index (χ4n) is 5.42. The molecule has 5 aromatic carbocycles. The molecule has 0 fully saturated rings. The van der Waals surface area contributed by atoms with E-state index in [1.807, 2.05) is 72.8 Å². The zero-order valence-corrected chi connectivity index (χ0v) is 31.4. The molecule has 0 amide bonds. The van der Waals surface area contributed by atoms with Crippen LogP contribution in [0.3, 0.4) is 0 Å². The van der Waals surface area contributed by atoms with Gasteiger partial charge in [-0.05, 0) is 95.4 Å². The molecule has 2 N–H and O–H groups in total. The highest BCUT2D eigenvalue weighted by molar-refractivity contribution is 8.00. The molecule has 0 spiro atoms. The van der Waals surface area contributed by atoms with Gasteiger partial charge in [0.15, 0.2) is 0 Å². The number of hydrogen-bond acceptors (Lipinski definition) is 5. The van der Waals surface area contributed by atoms with Gasteiger partial charge in [0.05, 0.1) is 17.7 Å². The van der Waals surface area contributed by atoms with Crippen molar-refractivity contribution in [3.63, 3.8) is 0 Å². The lowest BCUT2D eigenvalue weighted by atomic mass is 10.0. The smallest absolute Gasteiger partial charge is 0.417 e. The highest BCUT2D eigenvalue weighted by Gasteiger charge is 2.35. The number of ether oxygens (including phenoxy) is 1. The number of halogens is 5. The van der Waals surface area contributed by atoms with E-state index in [1.54, 1.807) is 42.1 Å². The maximum absolute atomic E-state index is 13.6. The normalized spacial score (nSPS) is 11.7. The summed E-state index contributed by atoms with van der Waals surface area (Å²) in [7, 11) is 1.63. The average molecular weight is 781 g/mol. The van der Waals surface area contributed by atoms with E-state index in [2.05, 4.69) is 11.6 Å². The van der Waals surface area contributed by atoms with E-state index in [0.717, 1.165) is 46.0 Å². The van der Waals surface area contributed by atoms with Crippen LogP contribution >= 0.6 is 35.1 Å². The average Bonchev–Trinajstić information content (AvgIpc) is 3.14. The Morgan fingerprint density at radius 1 is 0.868 bits per heavy atom. The van der Waals surface area contributed by atoms with Crippen LogP contribution in [0.15, 0.2) is 114 Å². The molecular formula is C41H38Cl2F3N3O3S. The van der Waals surface area contributed by atoms with Crippen molar-refractivity contribution in [2.75, 3.05) is 22.4 Å². The first-order chi connectivity index (χ1) is 25.4. The van der Waals surface area contributed by atoms with E-state index in [1.165, 1.54) is 25.3 Å². The van der Waals surface area contributed by atoms with Gasteiger partial charge in [0, 0.05) is 40.6 Å². The van der Waals surface area contributed by atoms with Gasteiger partial charge in [-0.15, -0.1) is 0 Å². The number of benzene rings is 5. The Balaban J connectivity index is 1.30. The molecule has 0 radical (unpaired) electrons. The van der Waals surface area contributed by atoms with Gasteiger partial charge in [-0.1, -0.05) is 97.4 Å². The molecule has 0 bridgehead atoms. The maximum atomic E-state index is 13.6. The number of carboxylic acid groups (broad SMARTS) is 1. The highest BCUT2D eigenvalue weighted by Crippen LogP contribution is 2.35. The number of unbranched alkanes of at least 4 members (excludes halogenated alkanes) is 2. The molecule has 6 nitrogen and oxygen atoms in total. The summed E-state index contributed by atoms with van der Waals surface area (Å²) in [5, 5.41) is 10.5. The first-order valence-electron chi connectivity index (χ1n) is 16.9. The standard InChI is InChI=1S/C41H38Cl2F3N3O3S/c1-3-4-5-22-53-48-32-14-19-35(20-15-32)52-34-17-11-29(12-18-34)28-8-6-27(7-9-28)23-39(47-26-30-10-13-31(42)24-38(30)43)49(2)33-16-21-37(41(44,45)46)36(25-33)40(50)51/h6-21,24-25,48H,3-5,22-23,26H2,1-2H3,(H,50,51). The lowest BCUT2D eigenvalue weighted by molar-refractivity contribution is -0.138. The van der Waals surface area contributed by atoms with E-state index in [4.69, 9.17) is 32.9 Å². The minimum atomic E-state index is -4.82. The third-order valence-corrected chi connectivity index (χ3v) is 9.85.